The van der Waals surface area contributed by atoms with Gasteiger partial charge in [0.25, 0.3) is 0 Å². The van der Waals surface area contributed by atoms with Gasteiger partial charge in [0.05, 0.1) is 12.7 Å². The number of hydrogen-bond acceptors (Lipinski definition) is 6. The summed E-state index contributed by atoms with van der Waals surface area (Å²) in [6.45, 7) is 1.16. The Kier molecular flexibility index (Phi) is 3.92. The molecule has 0 saturated carbocycles. The Bertz CT molecular complexity index is 529. The monoisotopic (exact) mass is 280 g/mol. The number of ether oxygens (including phenoxy) is 2. The molecule has 1 aromatic rings. The number of alkyl halides is 3. The minimum Gasteiger partial charge on any atom is -0.463 e. The van der Waals surface area contributed by atoms with E-state index in [4.69, 9.17) is 0 Å². The minimum atomic E-state index is -5.06. The van der Waals surface area contributed by atoms with E-state index in [0.717, 1.165) is 14.0 Å². The Labute approximate surface area is 104 Å². The molecule has 0 aliphatic heterocycles. The van der Waals surface area contributed by atoms with E-state index in [1.165, 1.54) is 0 Å². The summed E-state index contributed by atoms with van der Waals surface area (Å²) in [5, 5.41) is 10.6. The summed E-state index contributed by atoms with van der Waals surface area (Å²) in [6.07, 6.45) is -5.06. The van der Waals surface area contributed by atoms with Crippen molar-refractivity contribution < 1.29 is 32.4 Å². The van der Waals surface area contributed by atoms with Gasteiger partial charge in [-0.2, -0.15) is 0 Å². The van der Waals surface area contributed by atoms with Crippen LogP contribution in [0.4, 0.5) is 19.0 Å². The molecule has 10 heteroatoms. The molecule has 0 amide bonds. The molecular weight excluding hydrogens is 273 g/mol. The quantitative estimate of drug-likeness (QED) is 0.477. The predicted octanol–water partition coefficient (Wildman–Crippen LogP) is 1.98. The zero-order valence-electron chi connectivity index (χ0n) is 9.65. The molecule has 0 fully saturated rings. The van der Waals surface area contributed by atoms with Crippen molar-refractivity contribution in [2.75, 3.05) is 7.11 Å². The van der Waals surface area contributed by atoms with Crippen LogP contribution in [0.2, 0.25) is 0 Å². The van der Waals surface area contributed by atoms with Gasteiger partial charge >= 0.3 is 23.8 Å². The van der Waals surface area contributed by atoms with Gasteiger partial charge in [-0.1, -0.05) is 0 Å². The number of rotatable bonds is 3. The third-order valence-electron chi connectivity index (χ3n) is 1.93. The van der Waals surface area contributed by atoms with Gasteiger partial charge in [-0.15, -0.1) is 13.2 Å². The highest BCUT2D eigenvalue weighted by molar-refractivity contribution is 5.90. The highest BCUT2D eigenvalue weighted by Gasteiger charge is 2.36. The van der Waals surface area contributed by atoms with Crippen molar-refractivity contribution in [2.45, 2.75) is 13.3 Å². The van der Waals surface area contributed by atoms with E-state index in [0.29, 0.717) is 6.07 Å². The molecule has 1 rings (SSSR count). The number of hydrogen-bond donors (Lipinski definition) is 0. The Morgan fingerprint density at radius 2 is 2.05 bits per heavy atom. The Morgan fingerprint density at radius 3 is 2.47 bits per heavy atom. The van der Waals surface area contributed by atoms with Crippen molar-refractivity contribution in [1.82, 2.24) is 4.98 Å². The molecular formula is C9H7F3N2O5. The van der Waals surface area contributed by atoms with Crippen LogP contribution < -0.4 is 4.74 Å². The standard InChI is InChI=1S/C9H7F3N2O5/c1-4-3-5(19-9(10,11)12)6(8(15)18-2)13-7(4)14(16)17/h3H,1-2H3. The number of methoxy groups -OCH3 is 1. The summed E-state index contributed by atoms with van der Waals surface area (Å²) in [5.41, 5.74) is -1.10. The number of carbonyl (C=O) groups is 1. The zero-order chi connectivity index (χ0) is 14.8. The van der Waals surface area contributed by atoms with E-state index < -0.39 is 34.5 Å². The van der Waals surface area contributed by atoms with Crippen LogP contribution in [-0.4, -0.2) is 29.3 Å². The van der Waals surface area contributed by atoms with Crippen LogP contribution in [0.15, 0.2) is 6.07 Å². The molecule has 0 spiro atoms. The van der Waals surface area contributed by atoms with Crippen LogP contribution in [0.3, 0.4) is 0 Å². The van der Waals surface area contributed by atoms with Gasteiger partial charge in [0, 0.05) is 0 Å². The predicted molar refractivity (Wildman–Crippen MR) is 53.7 cm³/mol. The molecule has 0 radical (unpaired) electrons. The molecule has 0 aliphatic carbocycles. The Hall–Kier alpha value is -2.39. The van der Waals surface area contributed by atoms with E-state index in [-0.39, 0.29) is 5.56 Å². The van der Waals surface area contributed by atoms with E-state index in [1.54, 1.807) is 0 Å². The first-order chi connectivity index (χ1) is 8.65. The molecule has 0 bridgehead atoms. The second kappa shape index (κ2) is 5.08. The number of aromatic nitrogens is 1. The molecule has 1 heterocycles. The molecule has 104 valence electrons. The van der Waals surface area contributed by atoms with Crippen molar-refractivity contribution in [3.8, 4) is 5.75 Å². The lowest BCUT2D eigenvalue weighted by Crippen LogP contribution is -2.20. The van der Waals surface area contributed by atoms with Gasteiger partial charge in [-0.25, -0.2) is 4.79 Å². The highest BCUT2D eigenvalue weighted by Crippen LogP contribution is 2.30. The maximum Gasteiger partial charge on any atom is 0.573 e. The van der Waals surface area contributed by atoms with E-state index in [2.05, 4.69) is 14.5 Å². The van der Waals surface area contributed by atoms with E-state index >= 15 is 0 Å². The van der Waals surface area contributed by atoms with Crippen LogP contribution in [0.1, 0.15) is 16.1 Å². The molecule has 0 N–H and O–H groups in total. The smallest absolute Gasteiger partial charge is 0.463 e. The normalized spacial score (nSPS) is 11.0. The summed E-state index contributed by atoms with van der Waals surface area (Å²) < 4.78 is 44.2. The van der Waals surface area contributed by atoms with Crippen LogP contribution in [0.5, 0.6) is 5.75 Å². The molecule has 0 atom stereocenters. The van der Waals surface area contributed by atoms with Crippen LogP contribution in [-0.2, 0) is 4.74 Å². The Morgan fingerprint density at radius 1 is 1.47 bits per heavy atom. The lowest BCUT2D eigenvalue weighted by atomic mass is 10.2. The Balaban J connectivity index is 3.40. The van der Waals surface area contributed by atoms with E-state index in [9.17, 15) is 28.1 Å². The van der Waals surface area contributed by atoms with Gasteiger partial charge in [-0.05, 0) is 22.9 Å². The van der Waals surface area contributed by atoms with Crippen LogP contribution in [0.25, 0.3) is 0 Å². The third-order valence-corrected chi connectivity index (χ3v) is 1.93. The van der Waals surface area contributed by atoms with Gasteiger partial charge in [0.1, 0.15) is 0 Å². The molecule has 19 heavy (non-hydrogen) atoms. The maximum atomic E-state index is 12.1. The van der Waals surface area contributed by atoms with Gasteiger partial charge in [-0.3, -0.25) is 0 Å². The first-order valence-electron chi connectivity index (χ1n) is 4.66. The lowest BCUT2D eigenvalue weighted by molar-refractivity contribution is -0.390. The molecule has 0 aromatic carbocycles. The largest absolute Gasteiger partial charge is 0.573 e. The summed E-state index contributed by atoms with van der Waals surface area (Å²) in [5.74, 6) is -2.99. The fourth-order valence-corrected chi connectivity index (χ4v) is 1.21. The highest BCUT2D eigenvalue weighted by atomic mass is 19.4. The summed E-state index contributed by atoms with van der Waals surface area (Å²) in [6, 6.07) is 0.699. The second-order valence-corrected chi connectivity index (χ2v) is 3.27. The topological polar surface area (TPSA) is 91.6 Å². The van der Waals surface area contributed by atoms with Crippen molar-refractivity contribution in [3.63, 3.8) is 0 Å². The maximum absolute atomic E-state index is 12.1. The number of aryl methyl sites for hydroxylation is 1. The van der Waals surface area contributed by atoms with Gasteiger partial charge in [0.2, 0.25) is 0 Å². The molecule has 0 unspecified atom stereocenters. The molecule has 0 aliphatic rings. The number of esters is 1. The third kappa shape index (κ3) is 3.53. The first-order valence-corrected chi connectivity index (χ1v) is 4.66. The SMILES string of the molecule is COC(=O)c1nc([N+](=O)[O-])c(C)cc1OC(F)(F)F. The first kappa shape index (κ1) is 14.7. The van der Waals surface area contributed by atoms with Crippen LogP contribution in [0, 0.1) is 17.0 Å². The van der Waals surface area contributed by atoms with Gasteiger partial charge < -0.3 is 19.6 Å². The number of pyridine rings is 1. The fourth-order valence-electron chi connectivity index (χ4n) is 1.21. The lowest BCUT2D eigenvalue weighted by Gasteiger charge is -2.10. The summed E-state index contributed by atoms with van der Waals surface area (Å²) in [4.78, 5) is 24.2. The van der Waals surface area contributed by atoms with Crippen LogP contribution >= 0.6 is 0 Å². The average molecular weight is 280 g/mol. The van der Waals surface area contributed by atoms with E-state index in [1.807, 2.05) is 0 Å². The minimum absolute atomic E-state index is 0.183. The van der Waals surface area contributed by atoms with Crippen molar-refractivity contribution in [2.24, 2.45) is 0 Å². The van der Waals surface area contributed by atoms with Crippen molar-refractivity contribution in [3.05, 3.63) is 27.4 Å². The number of nitrogens with zero attached hydrogens (tertiary/aromatic N) is 2. The number of halogens is 3. The zero-order valence-corrected chi connectivity index (χ0v) is 9.65. The second-order valence-electron chi connectivity index (χ2n) is 3.27. The molecule has 7 nitrogen and oxygen atoms in total. The molecule has 1 aromatic heterocycles. The fraction of sp³-hybridized carbons (Fsp3) is 0.333. The summed E-state index contributed by atoms with van der Waals surface area (Å²) in [7, 11) is 0.896. The van der Waals surface area contributed by atoms with Crippen molar-refractivity contribution in [1.29, 1.82) is 0 Å². The van der Waals surface area contributed by atoms with Crippen molar-refractivity contribution >= 4 is 11.8 Å². The summed E-state index contributed by atoms with van der Waals surface area (Å²) >= 11 is 0. The average Bonchev–Trinajstić information content (AvgIpc) is 2.25. The van der Waals surface area contributed by atoms with Gasteiger partial charge in [0.15, 0.2) is 5.75 Å². The molecule has 0 saturated heterocycles. The number of nitro groups is 1. The number of carbonyl (C=O) groups excluding carboxylic acids is 1.